The van der Waals surface area contributed by atoms with E-state index in [9.17, 15) is 19.5 Å². The fourth-order valence-corrected chi connectivity index (χ4v) is 9.14. The monoisotopic (exact) mass is 537 g/mol. The molecule has 6 atom stereocenters. The standard InChI is InChI=1S/C30H39N3O4S/c1-19(2)17-22(18-34)33-25-28(37)31(20(3)4)15-10-14-30(25)24(27(33)36)23-26(35)32(21-11-7-6-8-12-21)16-9-13-29(23,5)38-30/h6-14,19-20,22-25,34H,15-18H2,1-5H3/t22-,23-,24+,25?,29+,30+/m1/s1. The highest BCUT2D eigenvalue weighted by Gasteiger charge is 2.74. The van der Waals surface area contributed by atoms with Gasteiger partial charge in [-0.2, -0.15) is 0 Å². The third-order valence-corrected chi connectivity index (χ3v) is 10.4. The van der Waals surface area contributed by atoms with Crippen LogP contribution in [0, 0.1) is 17.8 Å². The summed E-state index contributed by atoms with van der Waals surface area (Å²) in [6.07, 6.45) is 8.72. The van der Waals surface area contributed by atoms with E-state index in [1.54, 1.807) is 21.6 Å². The third kappa shape index (κ3) is 4.02. The van der Waals surface area contributed by atoms with Gasteiger partial charge in [0.05, 0.1) is 29.2 Å². The predicted molar refractivity (Wildman–Crippen MR) is 151 cm³/mol. The van der Waals surface area contributed by atoms with Crippen molar-refractivity contribution in [3.05, 3.63) is 54.6 Å². The SMILES string of the molecule is CC(C)C[C@H](CO)N1C(=O)[C@@H]2[C@@H]3C(=O)N(c4ccccc4)CC=C[C@]3(C)S[C@@]23C=CCN(C(C)C)C(=O)C13. The maximum Gasteiger partial charge on any atom is 0.247 e. The number of carbonyl (C=O) groups is 3. The lowest BCUT2D eigenvalue weighted by atomic mass is 9.74. The summed E-state index contributed by atoms with van der Waals surface area (Å²) in [5.74, 6) is -1.53. The van der Waals surface area contributed by atoms with E-state index < -0.39 is 33.4 Å². The van der Waals surface area contributed by atoms with Gasteiger partial charge in [0.1, 0.15) is 6.04 Å². The molecular formula is C30H39N3O4S. The summed E-state index contributed by atoms with van der Waals surface area (Å²) in [5, 5.41) is 10.5. The molecule has 7 nitrogen and oxygen atoms in total. The highest BCUT2D eigenvalue weighted by atomic mass is 32.2. The van der Waals surface area contributed by atoms with Crippen LogP contribution in [0.4, 0.5) is 5.69 Å². The first-order chi connectivity index (χ1) is 18.1. The van der Waals surface area contributed by atoms with Crippen LogP contribution in [0.15, 0.2) is 54.6 Å². The van der Waals surface area contributed by atoms with E-state index in [1.165, 1.54) is 0 Å². The molecule has 2 saturated heterocycles. The molecule has 1 spiro atoms. The van der Waals surface area contributed by atoms with Crippen molar-refractivity contribution < 1.29 is 19.5 Å². The number of anilines is 1. The fourth-order valence-electron chi connectivity index (χ4n) is 7.00. The van der Waals surface area contributed by atoms with E-state index in [2.05, 4.69) is 19.9 Å². The van der Waals surface area contributed by atoms with Crippen LogP contribution in [0.1, 0.15) is 41.0 Å². The zero-order valence-corrected chi connectivity index (χ0v) is 23.7. The van der Waals surface area contributed by atoms with Gasteiger partial charge in [-0.15, -0.1) is 11.8 Å². The Bertz CT molecular complexity index is 1170. The predicted octanol–water partition coefficient (Wildman–Crippen LogP) is 3.49. The lowest BCUT2D eigenvalue weighted by Gasteiger charge is -2.40. The number of aliphatic hydroxyl groups is 1. The number of para-hydroxylation sites is 1. The summed E-state index contributed by atoms with van der Waals surface area (Å²) in [6, 6.07) is 8.25. The highest BCUT2D eigenvalue weighted by Crippen LogP contribution is 2.66. The van der Waals surface area contributed by atoms with Crippen LogP contribution in [0.2, 0.25) is 0 Å². The lowest BCUT2D eigenvalue weighted by molar-refractivity contribution is -0.146. The molecule has 0 bridgehead atoms. The normalized spacial score (nSPS) is 33.5. The number of hydrogen-bond donors (Lipinski definition) is 1. The molecule has 5 rings (SSSR count). The average molecular weight is 538 g/mol. The molecule has 1 N–H and O–H groups in total. The number of fused-ring (bicyclic) bond motifs is 2. The number of nitrogens with zero attached hydrogens (tertiary/aromatic N) is 3. The maximum atomic E-state index is 14.6. The second-order valence-corrected chi connectivity index (χ2v) is 13.7. The zero-order chi connectivity index (χ0) is 27.4. The Kier molecular flexibility index (Phi) is 7.01. The minimum absolute atomic E-state index is 0.0430. The van der Waals surface area contributed by atoms with Gasteiger partial charge in [0.2, 0.25) is 17.7 Å². The summed E-state index contributed by atoms with van der Waals surface area (Å²) in [4.78, 5) is 48.5. The van der Waals surface area contributed by atoms with E-state index in [-0.39, 0.29) is 36.3 Å². The van der Waals surface area contributed by atoms with Crippen molar-refractivity contribution in [1.29, 1.82) is 0 Å². The molecule has 4 aliphatic heterocycles. The van der Waals surface area contributed by atoms with Gasteiger partial charge in [-0.05, 0) is 45.2 Å². The molecule has 0 saturated carbocycles. The number of benzene rings is 1. The van der Waals surface area contributed by atoms with Crippen LogP contribution in [0.25, 0.3) is 0 Å². The van der Waals surface area contributed by atoms with Crippen LogP contribution < -0.4 is 4.90 Å². The van der Waals surface area contributed by atoms with Crippen molar-refractivity contribution in [2.75, 3.05) is 24.6 Å². The Morgan fingerprint density at radius 3 is 2.26 bits per heavy atom. The number of likely N-dealkylation sites (tertiary alicyclic amines) is 1. The molecule has 38 heavy (non-hydrogen) atoms. The van der Waals surface area contributed by atoms with E-state index in [4.69, 9.17) is 0 Å². The Morgan fingerprint density at radius 2 is 1.63 bits per heavy atom. The van der Waals surface area contributed by atoms with Gasteiger partial charge in [0, 0.05) is 29.6 Å². The molecule has 1 unspecified atom stereocenters. The van der Waals surface area contributed by atoms with Gasteiger partial charge in [-0.25, -0.2) is 0 Å². The van der Waals surface area contributed by atoms with Crippen molar-refractivity contribution in [2.24, 2.45) is 17.8 Å². The average Bonchev–Trinajstić information content (AvgIpc) is 3.14. The number of amides is 3. The van der Waals surface area contributed by atoms with Crippen molar-refractivity contribution in [1.82, 2.24) is 9.80 Å². The molecule has 0 radical (unpaired) electrons. The zero-order valence-electron chi connectivity index (χ0n) is 22.9. The van der Waals surface area contributed by atoms with E-state index in [0.717, 1.165) is 5.69 Å². The molecule has 0 aromatic heterocycles. The first kappa shape index (κ1) is 27.0. The molecule has 3 amide bonds. The van der Waals surface area contributed by atoms with Crippen molar-refractivity contribution in [3.8, 4) is 0 Å². The second-order valence-electron chi connectivity index (χ2n) is 11.9. The van der Waals surface area contributed by atoms with Crippen LogP contribution in [-0.2, 0) is 14.4 Å². The van der Waals surface area contributed by atoms with Crippen LogP contribution in [0.3, 0.4) is 0 Å². The minimum Gasteiger partial charge on any atom is -0.394 e. The Hall–Kier alpha value is -2.58. The molecular weight excluding hydrogens is 498 g/mol. The molecule has 0 aliphatic carbocycles. The number of rotatable bonds is 6. The Balaban J connectivity index is 1.67. The van der Waals surface area contributed by atoms with Gasteiger partial charge < -0.3 is 19.8 Å². The van der Waals surface area contributed by atoms with E-state index in [0.29, 0.717) is 19.5 Å². The summed E-state index contributed by atoms with van der Waals surface area (Å²) in [5.41, 5.74) is 0.794. The van der Waals surface area contributed by atoms with Crippen LogP contribution in [0.5, 0.6) is 0 Å². The molecule has 4 aliphatic rings. The third-order valence-electron chi connectivity index (χ3n) is 8.56. The molecule has 8 heteroatoms. The highest BCUT2D eigenvalue weighted by molar-refractivity contribution is 8.02. The van der Waals surface area contributed by atoms with Gasteiger partial charge in [0.15, 0.2) is 0 Å². The van der Waals surface area contributed by atoms with E-state index >= 15 is 0 Å². The first-order valence-corrected chi connectivity index (χ1v) is 14.5. The second kappa shape index (κ2) is 9.87. The van der Waals surface area contributed by atoms with E-state index in [1.807, 2.05) is 74.2 Å². The largest absolute Gasteiger partial charge is 0.394 e. The quantitative estimate of drug-likeness (QED) is 0.562. The summed E-state index contributed by atoms with van der Waals surface area (Å²) >= 11 is 1.59. The minimum atomic E-state index is -0.901. The Labute approximate surface area is 229 Å². The molecule has 1 aromatic rings. The number of thioether (sulfide) groups is 1. The summed E-state index contributed by atoms with van der Waals surface area (Å²) in [7, 11) is 0. The molecule has 4 heterocycles. The van der Waals surface area contributed by atoms with Crippen molar-refractivity contribution in [2.45, 2.75) is 68.7 Å². The fraction of sp³-hybridized carbons (Fsp3) is 0.567. The maximum absolute atomic E-state index is 14.6. The summed E-state index contributed by atoms with van der Waals surface area (Å²) < 4.78 is -1.56. The Morgan fingerprint density at radius 1 is 0.947 bits per heavy atom. The van der Waals surface area contributed by atoms with Crippen molar-refractivity contribution >= 4 is 35.2 Å². The molecule has 2 fully saturated rings. The number of aliphatic hydroxyl groups excluding tert-OH is 1. The van der Waals surface area contributed by atoms with Gasteiger partial charge in [0.25, 0.3) is 0 Å². The smallest absolute Gasteiger partial charge is 0.247 e. The van der Waals surface area contributed by atoms with Crippen LogP contribution in [-0.4, -0.2) is 79.9 Å². The first-order valence-electron chi connectivity index (χ1n) is 13.7. The molecule has 1 aromatic carbocycles. The van der Waals surface area contributed by atoms with Gasteiger partial charge in [-0.1, -0.05) is 56.4 Å². The number of hydrogen-bond acceptors (Lipinski definition) is 5. The van der Waals surface area contributed by atoms with Crippen LogP contribution >= 0.6 is 11.8 Å². The van der Waals surface area contributed by atoms with Crippen molar-refractivity contribution in [3.63, 3.8) is 0 Å². The molecule has 204 valence electrons. The summed E-state index contributed by atoms with van der Waals surface area (Å²) in [6.45, 7) is 10.8. The topological polar surface area (TPSA) is 81.2 Å². The number of carbonyl (C=O) groups excluding carboxylic acids is 3. The lowest BCUT2D eigenvalue weighted by Crippen LogP contribution is -2.57. The van der Waals surface area contributed by atoms with Gasteiger partial charge >= 0.3 is 0 Å². The van der Waals surface area contributed by atoms with Gasteiger partial charge in [-0.3, -0.25) is 14.4 Å².